The van der Waals surface area contributed by atoms with Crippen molar-refractivity contribution in [3.8, 4) is 0 Å². The quantitative estimate of drug-likeness (QED) is 0.375. The monoisotopic (exact) mass is 291 g/mol. The molecule has 7 nitrogen and oxygen atoms in total. The van der Waals surface area contributed by atoms with E-state index in [9.17, 15) is 0 Å². The fourth-order valence-electron chi connectivity index (χ4n) is 1.09. The Morgan fingerprint density at radius 3 is 1.95 bits per heavy atom. The van der Waals surface area contributed by atoms with Crippen molar-refractivity contribution < 1.29 is 0 Å². The lowest BCUT2D eigenvalue weighted by Gasteiger charge is -1.92. The summed E-state index contributed by atoms with van der Waals surface area (Å²) in [4.78, 5) is 18.6. The molecule has 8 heteroatoms. The zero-order valence-electron chi connectivity index (χ0n) is 11.2. The molecule has 0 aliphatic carbocycles. The predicted octanol–water partition coefficient (Wildman–Crippen LogP) is 3.12. The van der Waals surface area contributed by atoms with Crippen LogP contribution in [0.15, 0.2) is 29.9 Å². The topological polar surface area (TPSA) is 100 Å². The van der Waals surface area contributed by atoms with Gasteiger partial charge in [-0.2, -0.15) is 0 Å². The number of nitrogens with zero attached hydrogens (tertiary/aromatic N) is 7. The molecule has 2 aromatic heterocycles. The molecule has 0 atom stereocenters. The summed E-state index contributed by atoms with van der Waals surface area (Å²) < 4.78 is 0. The molecule has 0 radical (unpaired) electrons. The van der Waals surface area contributed by atoms with Crippen LogP contribution in [0.4, 0.5) is 0 Å². The van der Waals surface area contributed by atoms with Gasteiger partial charge in [0.05, 0.1) is 35.2 Å². The van der Waals surface area contributed by atoms with Crippen LogP contribution in [0.5, 0.6) is 0 Å². The maximum Gasteiger partial charge on any atom is 0.0734 e. The molecule has 0 aliphatic rings. The van der Waals surface area contributed by atoms with Crippen LogP contribution < -0.4 is 0 Å². The standard InChI is InChI=1S/C6H7ClN2.C6H7N5/c1-5-3-9-6(2-7)4-8-5;1-5-2-9-6(3-8-5)4-10-11-7/h3-4H,2H2,1H3;2-3H,4H2,1H3. The van der Waals surface area contributed by atoms with E-state index in [1.807, 2.05) is 13.8 Å². The van der Waals surface area contributed by atoms with Gasteiger partial charge in [0, 0.05) is 29.7 Å². The summed E-state index contributed by atoms with van der Waals surface area (Å²) in [5.74, 6) is 0.438. The normalized spacial score (nSPS) is 9.15. The molecule has 0 fully saturated rings. The Hall–Kier alpha value is -2.24. The third-order valence-corrected chi connectivity index (χ3v) is 2.38. The van der Waals surface area contributed by atoms with E-state index in [0.717, 1.165) is 17.1 Å². The van der Waals surface area contributed by atoms with Crippen LogP contribution in [-0.2, 0) is 12.4 Å². The minimum Gasteiger partial charge on any atom is -0.258 e. The van der Waals surface area contributed by atoms with Gasteiger partial charge in [0.2, 0.25) is 0 Å². The van der Waals surface area contributed by atoms with Gasteiger partial charge in [-0.1, -0.05) is 5.11 Å². The van der Waals surface area contributed by atoms with E-state index in [4.69, 9.17) is 17.1 Å². The van der Waals surface area contributed by atoms with Crippen LogP contribution in [0.1, 0.15) is 22.8 Å². The highest BCUT2D eigenvalue weighted by atomic mass is 35.5. The van der Waals surface area contributed by atoms with Gasteiger partial charge in [0.15, 0.2) is 0 Å². The number of azide groups is 1. The van der Waals surface area contributed by atoms with Gasteiger partial charge in [-0.15, -0.1) is 11.6 Å². The van der Waals surface area contributed by atoms with Crippen molar-refractivity contribution in [3.05, 3.63) is 58.0 Å². The predicted molar refractivity (Wildman–Crippen MR) is 75.9 cm³/mol. The molecular weight excluding hydrogens is 278 g/mol. The molecule has 20 heavy (non-hydrogen) atoms. The molecule has 2 heterocycles. The van der Waals surface area contributed by atoms with E-state index in [1.165, 1.54) is 0 Å². The Kier molecular flexibility index (Phi) is 6.95. The minimum atomic E-state index is 0.268. The summed E-state index contributed by atoms with van der Waals surface area (Å²) in [6.07, 6.45) is 6.63. The molecule has 0 amide bonds. The summed E-state index contributed by atoms with van der Waals surface area (Å²) in [6.45, 7) is 4.01. The molecule has 0 spiro atoms. The second-order valence-corrected chi connectivity index (χ2v) is 4.09. The zero-order chi connectivity index (χ0) is 14.8. The molecule has 0 aromatic carbocycles. The van der Waals surface area contributed by atoms with Crippen molar-refractivity contribution in [1.29, 1.82) is 0 Å². The third-order valence-electron chi connectivity index (χ3n) is 2.10. The highest BCUT2D eigenvalue weighted by Crippen LogP contribution is 1.97. The fraction of sp³-hybridized carbons (Fsp3) is 0.333. The van der Waals surface area contributed by atoms with Gasteiger partial charge in [-0.3, -0.25) is 19.9 Å². The highest BCUT2D eigenvalue weighted by molar-refractivity contribution is 6.16. The molecule has 0 saturated heterocycles. The van der Waals surface area contributed by atoms with Crippen LogP contribution in [0.2, 0.25) is 0 Å². The van der Waals surface area contributed by atoms with Crippen LogP contribution in [0, 0.1) is 13.8 Å². The van der Waals surface area contributed by atoms with Gasteiger partial charge in [0.25, 0.3) is 0 Å². The molecule has 0 aliphatic heterocycles. The van der Waals surface area contributed by atoms with Crippen molar-refractivity contribution in [2.45, 2.75) is 26.3 Å². The molecular formula is C12H14ClN7. The van der Waals surface area contributed by atoms with Crippen LogP contribution >= 0.6 is 11.6 Å². The summed E-state index contributed by atoms with van der Waals surface area (Å²) in [5, 5.41) is 3.35. The van der Waals surface area contributed by atoms with Crippen LogP contribution in [0.3, 0.4) is 0 Å². The molecule has 0 bridgehead atoms. The Balaban J connectivity index is 0.000000204. The molecule has 2 aromatic rings. The first-order valence-electron chi connectivity index (χ1n) is 5.77. The van der Waals surface area contributed by atoms with Gasteiger partial charge >= 0.3 is 0 Å². The largest absolute Gasteiger partial charge is 0.258 e. The molecule has 0 unspecified atom stereocenters. The Morgan fingerprint density at radius 1 is 1.00 bits per heavy atom. The molecule has 2 rings (SSSR count). The van der Waals surface area contributed by atoms with Crippen molar-refractivity contribution in [1.82, 2.24) is 19.9 Å². The number of rotatable bonds is 3. The van der Waals surface area contributed by atoms with E-state index >= 15 is 0 Å². The van der Waals surface area contributed by atoms with Gasteiger partial charge < -0.3 is 0 Å². The van der Waals surface area contributed by atoms with E-state index in [-0.39, 0.29) is 6.54 Å². The summed E-state index contributed by atoms with van der Waals surface area (Å²) in [7, 11) is 0. The van der Waals surface area contributed by atoms with Crippen LogP contribution in [0.25, 0.3) is 10.4 Å². The van der Waals surface area contributed by atoms with Crippen molar-refractivity contribution in [3.63, 3.8) is 0 Å². The Bertz CT molecular complexity index is 561. The lowest BCUT2D eigenvalue weighted by atomic mass is 10.4. The number of hydrogen-bond donors (Lipinski definition) is 0. The summed E-state index contributed by atoms with van der Waals surface area (Å²) >= 11 is 5.48. The van der Waals surface area contributed by atoms with E-state index in [2.05, 4.69) is 30.0 Å². The smallest absolute Gasteiger partial charge is 0.0734 e. The van der Waals surface area contributed by atoms with Crippen LogP contribution in [-0.4, -0.2) is 19.9 Å². The SMILES string of the molecule is Cc1cnc(CCl)cn1.Cc1cnc(CN=[N+]=[N-])cn1. The van der Waals surface area contributed by atoms with E-state index < -0.39 is 0 Å². The molecule has 0 saturated carbocycles. The summed E-state index contributed by atoms with van der Waals surface area (Å²) in [6, 6.07) is 0. The van der Waals surface area contributed by atoms with Crippen molar-refractivity contribution >= 4 is 11.6 Å². The number of halogens is 1. The van der Waals surface area contributed by atoms with Crippen molar-refractivity contribution in [2.75, 3.05) is 0 Å². The first kappa shape index (κ1) is 15.8. The first-order valence-corrected chi connectivity index (χ1v) is 6.31. The fourth-order valence-corrected chi connectivity index (χ4v) is 1.23. The van der Waals surface area contributed by atoms with E-state index in [0.29, 0.717) is 11.6 Å². The second kappa shape index (κ2) is 8.79. The Morgan fingerprint density at radius 2 is 1.55 bits per heavy atom. The van der Waals surface area contributed by atoms with Crippen molar-refractivity contribution in [2.24, 2.45) is 5.11 Å². The highest BCUT2D eigenvalue weighted by Gasteiger charge is 1.91. The van der Waals surface area contributed by atoms with Gasteiger partial charge in [-0.05, 0) is 19.4 Å². The van der Waals surface area contributed by atoms with E-state index in [1.54, 1.807) is 24.8 Å². The molecule has 104 valence electrons. The number of aryl methyl sites for hydroxylation is 2. The maximum atomic E-state index is 7.99. The third kappa shape index (κ3) is 6.08. The lowest BCUT2D eigenvalue weighted by molar-refractivity contribution is 0.937. The lowest BCUT2D eigenvalue weighted by Crippen LogP contribution is -1.89. The number of alkyl halides is 1. The summed E-state index contributed by atoms with van der Waals surface area (Å²) in [5.41, 5.74) is 11.3. The minimum absolute atomic E-state index is 0.268. The number of hydrogen-bond acceptors (Lipinski definition) is 5. The molecule has 0 N–H and O–H groups in total. The Labute approximate surface area is 121 Å². The van der Waals surface area contributed by atoms with Gasteiger partial charge in [0.1, 0.15) is 0 Å². The average molecular weight is 292 g/mol. The second-order valence-electron chi connectivity index (χ2n) is 3.82. The first-order chi connectivity index (χ1) is 9.65. The van der Waals surface area contributed by atoms with Gasteiger partial charge in [-0.25, -0.2) is 0 Å². The average Bonchev–Trinajstić information content (AvgIpc) is 2.48. The zero-order valence-corrected chi connectivity index (χ0v) is 12.0. The number of aromatic nitrogens is 4. The maximum absolute atomic E-state index is 7.99.